The van der Waals surface area contributed by atoms with Gasteiger partial charge in [-0.1, -0.05) is 0 Å². The molecule has 0 bridgehead atoms. The number of fused-ring (bicyclic) bond motifs is 1. The Labute approximate surface area is 103 Å². The number of nitrogens with two attached hydrogens (primary N) is 1. The molecule has 11 heteroatoms. The monoisotopic (exact) mass is 280 g/mol. The maximum Gasteiger partial charge on any atom is 0.340 e. The summed E-state index contributed by atoms with van der Waals surface area (Å²) in [5.74, 6) is 0.336. The minimum absolute atomic E-state index is 0.132. The van der Waals surface area contributed by atoms with Crippen molar-refractivity contribution < 1.29 is 22.3 Å². The predicted molar refractivity (Wildman–Crippen MR) is 55.9 cm³/mol. The Morgan fingerprint density at radius 1 is 1.42 bits per heavy atom. The zero-order valence-electron chi connectivity index (χ0n) is 9.20. The second kappa shape index (κ2) is 4.84. The molecular weight excluding hydrogens is 272 g/mol. The Kier molecular flexibility index (Phi) is 3.38. The van der Waals surface area contributed by atoms with Crippen LogP contribution in [0.15, 0.2) is 6.20 Å². The Balaban J connectivity index is 2.27. The highest BCUT2D eigenvalue weighted by atomic mass is 19.3. The topological polar surface area (TPSA) is 102 Å². The molecular formula is C8H8F4N6O. The van der Waals surface area contributed by atoms with E-state index in [1.165, 1.54) is 6.20 Å². The van der Waals surface area contributed by atoms with E-state index in [0.29, 0.717) is 0 Å². The van der Waals surface area contributed by atoms with Gasteiger partial charge in [-0.05, 0) is 0 Å². The van der Waals surface area contributed by atoms with Crippen molar-refractivity contribution >= 4 is 17.0 Å². The van der Waals surface area contributed by atoms with Gasteiger partial charge in [0.25, 0.3) is 0 Å². The highest BCUT2D eigenvalue weighted by Gasteiger charge is 2.42. The Morgan fingerprint density at radius 2 is 2.16 bits per heavy atom. The highest BCUT2D eigenvalue weighted by molar-refractivity contribution is 5.80. The molecule has 4 N–H and O–H groups in total. The molecule has 0 aromatic carbocycles. The van der Waals surface area contributed by atoms with Crippen LogP contribution in [0.4, 0.5) is 23.5 Å². The van der Waals surface area contributed by atoms with Gasteiger partial charge in [-0.3, -0.25) is 10.5 Å². The number of nitrogens with zero attached hydrogens (tertiary/aromatic N) is 3. The molecule has 19 heavy (non-hydrogen) atoms. The summed E-state index contributed by atoms with van der Waals surface area (Å²) in [7, 11) is 0. The number of anilines is 1. The summed E-state index contributed by atoms with van der Waals surface area (Å²) in [5, 5.41) is 6.22. The molecule has 0 radical (unpaired) electrons. The summed E-state index contributed by atoms with van der Waals surface area (Å²) in [6.45, 7) is -1.52. The van der Waals surface area contributed by atoms with Gasteiger partial charge in [0.15, 0.2) is 12.3 Å². The third-order valence-corrected chi connectivity index (χ3v) is 2.12. The van der Waals surface area contributed by atoms with E-state index in [9.17, 15) is 17.6 Å². The van der Waals surface area contributed by atoms with E-state index in [1.807, 2.05) is 0 Å². The molecule has 0 aliphatic rings. The van der Waals surface area contributed by atoms with Gasteiger partial charge in [0.2, 0.25) is 11.8 Å². The number of aromatic amines is 1. The quantitative estimate of drug-likeness (QED) is 0.427. The number of hydrogen-bond donors (Lipinski definition) is 3. The van der Waals surface area contributed by atoms with Crippen molar-refractivity contribution in [2.45, 2.75) is 12.3 Å². The fourth-order valence-corrected chi connectivity index (χ4v) is 1.21. The van der Waals surface area contributed by atoms with Crippen molar-refractivity contribution in [3.63, 3.8) is 0 Å². The van der Waals surface area contributed by atoms with E-state index in [1.54, 1.807) is 0 Å². The number of rotatable bonds is 5. The van der Waals surface area contributed by atoms with Crippen LogP contribution in [0.25, 0.3) is 11.0 Å². The zero-order chi connectivity index (χ0) is 14.0. The number of hydrazine groups is 1. The largest absolute Gasteiger partial charge is 0.470 e. The zero-order valence-corrected chi connectivity index (χ0v) is 9.20. The fraction of sp³-hybridized carbons (Fsp3) is 0.375. The maximum atomic E-state index is 12.8. The van der Waals surface area contributed by atoms with Gasteiger partial charge < -0.3 is 4.74 Å². The normalized spacial score (nSPS) is 12.1. The molecule has 0 amide bonds. The van der Waals surface area contributed by atoms with Gasteiger partial charge in [0, 0.05) is 0 Å². The first kappa shape index (κ1) is 13.3. The van der Waals surface area contributed by atoms with Crippen molar-refractivity contribution in [1.29, 1.82) is 0 Å². The third kappa shape index (κ3) is 2.65. The van der Waals surface area contributed by atoms with Crippen molar-refractivity contribution in [2.75, 3.05) is 12.0 Å². The molecule has 0 spiro atoms. The SMILES string of the molecule is NNc1nc(OCC(F)(F)C(F)F)c2cn[nH]c2n1. The lowest BCUT2D eigenvalue weighted by molar-refractivity contribution is -0.148. The van der Waals surface area contributed by atoms with Crippen LogP contribution in [-0.4, -0.2) is 39.1 Å². The van der Waals surface area contributed by atoms with Crippen LogP contribution < -0.4 is 16.0 Å². The maximum absolute atomic E-state index is 12.8. The average Bonchev–Trinajstić information content (AvgIpc) is 2.83. The molecule has 2 rings (SSSR count). The van der Waals surface area contributed by atoms with Crippen molar-refractivity contribution in [3.8, 4) is 5.88 Å². The standard InChI is InChI=1S/C8H8F4N6O/c9-6(10)8(11,12)2-19-5-3-1-14-18-4(3)15-7(16-5)17-13/h1,6H,2,13H2,(H2,14,15,16,17,18). The summed E-state index contributed by atoms with van der Waals surface area (Å²) >= 11 is 0. The summed E-state index contributed by atoms with van der Waals surface area (Å²) < 4.78 is 54.1. The van der Waals surface area contributed by atoms with E-state index in [0.717, 1.165) is 0 Å². The minimum Gasteiger partial charge on any atom is -0.470 e. The number of nitrogen functional groups attached to an aromatic ring is 1. The first-order valence-corrected chi connectivity index (χ1v) is 4.90. The molecule has 0 saturated heterocycles. The molecule has 0 aliphatic heterocycles. The van der Waals surface area contributed by atoms with Gasteiger partial charge in [-0.15, -0.1) is 0 Å². The lowest BCUT2D eigenvalue weighted by Gasteiger charge is -2.15. The van der Waals surface area contributed by atoms with Crippen LogP contribution in [0.2, 0.25) is 0 Å². The summed E-state index contributed by atoms with van der Waals surface area (Å²) in [5.41, 5.74) is 2.25. The second-order valence-electron chi connectivity index (χ2n) is 3.48. The second-order valence-corrected chi connectivity index (χ2v) is 3.48. The number of hydrogen-bond acceptors (Lipinski definition) is 6. The Morgan fingerprint density at radius 3 is 2.79 bits per heavy atom. The van der Waals surface area contributed by atoms with Crippen LogP contribution in [-0.2, 0) is 0 Å². The first-order chi connectivity index (χ1) is 8.94. The number of H-pyrrole nitrogens is 1. The van der Waals surface area contributed by atoms with Crippen molar-refractivity contribution in [1.82, 2.24) is 20.2 Å². The molecule has 0 saturated carbocycles. The van der Waals surface area contributed by atoms with Gasteiger partial charge in [0.1, 0.15) is 5.39 Å². The Bertz CT molecular complexity index is 573. The number of halogens is 4. The molecule has 0 unspecified atom stereocenters. The van der Waals surface area contributed by atoms with Gasteiger partial charge in [-0.2, -0.15) is 23.8 Å². The lowest BCUT2D eigenvalue weighted by Crippen LogP contribution is -2.34. The summed E-state index contributed by atoms with van der Waals surface area (Å²) in [6, 6.07) is 0. The summed E-state index contributed by atoms with van der Waals surface area (Å²) in [4.78, 5) is 7.46. The molecule has 2 aromatic heterocycles. The van der Waals surface area contributed by atoms with Crippen molar-refractivity contribution in [2.24, 2.45) is 5.84 Å². The summed E-state index contributed by atoms with van der Waals surface area (Å²) in [6.07, 6.45) is -2.62. The molecule has 2 heterocycles. The molecule has 0 fully saturated rings. The number of alkyl halides is 4. The third-order valence-electron chi connectivity index (χ3n) is 2.12. The van der Waals surface area contributed by atoms with Crippen LogP contribution in [0, 0.1) is 0 Å². The average molecular weight is 280 g/mol. The number of aromatic nitrogens is 4. The van der Waals surface area contributed by atoms with Crippen molar-refractivity contribution in [3.05, 3.63) is 6.20 Å². The predicted octanol–water partition coefficient (Wildman–Crippen LogP) is 0.918. The number of nitrogens with one attached hydrogen (secondary N) is 2. The Hall–Kier alpha value is -2.17. The smallest absolute Gasteiger partial charge is 0.340 e. The van der Waals surface area contributed by atoms with Gasteiger partial charge in [0.05, 0.1) is 6.20 Å². The highest BCUT2D eigenvalue weighted by Crippen LogP contribution is 2.27. The van der Waals surface area contributed by atoms with E-state index in [2.05, 4.69) is 30.3 Å². The first-order valence-electron chi connectivity index (χ1n) is 4.90. The van der Waals surface area contributed by atoms with Gasteiger partial charge in [-0.25, -0.2) is 14.6 Å². The van der Waals surface area contributed by atoms with E-state index in [4.69, 9.17) is 5.84 Å². The van der Waals surface area contributed by atoms with E-state index >= 15 is 0 Å². The molecule has 0 atom stereocenters. The lowest BCUT2D eigenvalue weighted by atomic mass is 10.4. The number of ether oxygens (including phenoxy) is 1. The minimum atomic E-state index is -4.28. The van der Waals surface area contributed by atoms with E-state index in [-0.39, 0.29) is 22.9 Å². The van der Waals surface area contributed by atoms with Gasteiger partial charge >= 0.3 is 12.3 Å². The van der Waals surface area contributed by atoms with Crippen LogP contribution in [0.3, 0.4) is 0 Å². The van der Waals surface area contributed by atoms with Crippen LogP contribution in [0.1, 0.15) is 0 Å². The molecule has 0 aliphatic carbocycles. The fourth-order valence-electron chi connectivity index (χ4n) is 1.21. The molecule has 7 nitrogen and oxygen atoms in total. The molecule has 104 valence electrons. The van der Waals surface area contributed by atoms with Crippen LogP contribution in [0.5, 0.6) is 5.88 Å². The van der Waals surface area contributed by atoms with Crippen LogP contribution >= 0.6 is 0 Å². The molecule has 2 aromatic rings. The van der Waals surface area contributed by atoms with E-state index < -0.39 is 19.0 Å².